The molecule has 1 N–H and O–H groups in total. The molecule has 1 amide bonds. The van der Waals surface area contributed by atoms with Crippen molar-refractivity contribution in [2.75, 3.05) is 41.4 Å². The predicted molar refractivity (Wildman–Crippen MR) is 326 cm³/mol. The van der Waals surface area contributed by atoms with Crippen LogP contribution in [0.3, 0.4) is 0 Å². The first-order valence-electron chi connectivity index (χ1n) is 30.4. The second-order valence-electron chi connectivity index (χ2n) is 23.5. The maximum absolute atomic E-state index is 14.4. The van der Waals surface area contributed by atoms with Gasteiger partial charge in [-0.05, 0) is 128 Å². The van der Waals surface area contributed by atoms with E-state index in [9.17, 15) is 75.4 Å². The fourth-order valence-electron chi connectivity index (χ4n) is 11.9. The highest BCUT2D eigenvalue weighted by atomic mass is 19.4. The Bertz CT molecular complexity index is 3940. The van der Waals surface area contributed by atoms with Crippen molar-refractivity contribution in [3.05, 3.63) is 168 Å². The van der Waals surface area contributed by atoms with Crippen LogP contribution in [0.1, 0.15) is 104 Å². The highest BCUT2D eigenvalue weighted by Crippen LogP contribution is 2.63. The molecule has 506 valence electrons. The number of hydrogen-bond donors (Lipinski definition) is 1. The van der Waals surface area contributed by atoms with Crippen LogP contribution in [0, 0.1) is 0 Å². The molecule has 1 spiro atoms. The zero-order chi connectivity index (χ0) is 68.7. The number of nitrogens with zero attached hydrogens (tertiary/aromatic N) is 3. The van der Waals surface area contributed by atoms with Crippen molar-refractivity contribution in [3.63, 3.8) is 0 Å². The molecule has 3 aliphatic rings. The zero-order valence-electron chi connectivity index (χ0n) is 51.4. The van der Waals surface area contributed by atoms with Crippen molar-refractivity contribution in [3.8, 4) is 34.1 Å². The molecule has 0 aromatic heterocycles. The molecule has 0 saturated carbocycles. The van der Waals surface area contributed by atoms with Crippen molar-refractivity contribution in [1.82, 2.24) is 0 Å². The quantitative estimate of drug-likeness (QED) is 0.0359. The molecular formula is C69H63F15N4O7. The number of fused-ring (bicyclic) bond motifs is 4. The number of anilines is 3. The zero-order valence-corrected chi connectivity index (χ0v) is 51.4. The molecule has 2 atom stereocenters. The van der Waals surface area contributed by atoms with Crippen LogP contribution in [0.15, 0.2) is 151 Å². The minimum absolute atomic E-state index is 0.00421. The lowest BCUT2D eigenvalue weighted by Gasteiger charge is -2.47. The average Bonchev–Trinajstić information content (AvgIpc) is 1.67. The molecule has 26 heteroatoms. The van der Waals surface area contributed by atoms with Crippen LogP contribution in [0.5, 0.6) is 23.0 Å². The summed E-state index contributed by atoms with van der Waals surface area (Å²) in [5, 5.41) is 4.19. The Hall–Kier alpha value is -8.84. The van der Waals surface area contributed by atoms with Crippen molar-refractivity contribution < 1.29 is 99.1 Å². The Morgan fingerprint density at radius 3 is 1.80 bits per heavy atom. The van der Waals surface area contributed by atoms with Gasteiger partial charge in [0.1, 0.15) is 35.6 Å². The summed E-state index contributed by atoms with van der Waals surface area (Å²) in [4.78, 5) is 36.3. The number of ether oxygens (including phenoxy) is 5. The lowest BCUT2D eigenvalue weighted by atomic mass is 9.73. The van der Waals surface area contributed by atoms with Gasteiger partial charge in [-0.25, -0.2) is 4.79 Å². The summed E-state index contributed by atoms with van der Waals surface area (Å²) in [6.45, 7) is 10.8. The fraction of sp³-hybridized carbons (Fsp3) is 0.377. The van der Waals surface area contributed by atoms with Crippen LogP contribution in [-0.4, -0.2) is 98.1 Å². The SMILES string of the molecule is CCCCCCOc1ccc(-c2ccc(C(=O)OC3CCN(c4cc5c(c6ccccc46)N=CC4(O5)N(CC)c5ccc(OCc6ccc(C(=O)Nc7ccc(OC(F)(F)C(F)(F)C(F)(F)C(F)(F)C(F)(F)C(F)(F)C(F)(F)F)cc7)cc6)cc5C4(C)CC)CC3)cc2)cc1. The van der Waals surface area contributed by atoms with Crippen LogP contribution in [-0.2, 0) is 16.8 Å². The van der Waals surface area contributed by atoms with Gasteiger partial charge in [0.05, 0.1) is 23.8 Å². The van der Waals surface area contributed by atoms with E-state index in [2.05, 4.69) is 46.7 Å². The number of alkyl halides is 15. The standard InChI is InChI=1S/C69H63F15N4O7/c1-5-8-9-12-37-91-48-27-23-44(24-28-48)43-19-21-46(22-20-43)60(90)93-49-33-35-87(36-34-49)56-39-57-58(53-14-11-10-13-52(53)56)85-41-62(95-57)61(4,6-2)54-38-51(31-32-55(54)88(62)7-3)92-40-42-15-17-45(18-16-42)59(89)86-47-25-29-50(30-26-47)94-69(83,84)67(78,79)65(74,75)63(70,71)64(72,73)66(76,77)68(80,81)82/h10-11,13-32,38-39,41,49H,5-9,12,33-37,40H2,1-4H3,(H,86,89). The summed E-state index contributed by atoms with van der Waals surface area (Å²) in [5.74, 6) is -42.0. The van der Waals surface area contributed by atoms with E-state index in [0.717, 1.165) is 57.4 Å². The number of carbonyl (C=O) groups excluding carboxylic acids is 2. The molecule has 1 fully saturated rings. The Morgan fingerprint density at radius 2 is 1.19 bits per heavy atom. The molecule has 10 rings (SSSR count). The number of rotatable bonds is 24. The maximum Gasteiger partial charge on any atom is 0.471 e. The van der Waals surface area contributed by atoms with Gasteiger partial charge in [-0.2, -0.15) is 65.9 Å². The summed E-state index contributed by atoms with van der Waals surface area (Å²) in [6.07, 6.45) is -6.79. The minimum atomic E-state index is -8.46. The topological polar surface area (TPSA) is 111 Å². The van der Waals surface area contributed by atoms with E-state index < -0.39 is 64.7 Å². The van der Waals surface area contributed by atoms with E-state index in [-0.39, 0.29) is 29.9 Å². The number of likely N-dealkylation sites (N-methyl/N-ethyl adjacent to an activating group) is 1. The number of nitrogens with one attached hydrogen (secondary N) is 1. The second-order valence-corrected chi connectivity index (χ2v) is 23.5. The smallest absolute Gasteiger partial charge is 0.471 e. The van der Waals surface area contributed by atoms with Gasteiger partial charge in [0.25, 0.3) is 5.91 Å². The number of carbonyl (C=O) groups is 2. The minimum Gasteiger partial charge on any atom is -0.494 e. The Labute approximate surface area is 535 Å². The lowest BCUT2D eigenvalue weighted by molar-refractivity contribution is -0.465. The van der Waals surface area contributed by atoms with Crippen molar-refractivity contribution in [2.24, 2.45) is 4.99 Å². The molecule has 1 saturated heterocycles. The first kappa shape index (κ1) is 69.0. The molecule has 0 radical (unpaired) electrons. The number of aliphatic imine (C=N–C) groups is 1. The molecule has 3 aliphatic heterocycles. The number of unbranched alkanes of at least 4 members (excludes halogenated alkanes) is 3. The third-order valence-electron chi connectivity index (χ3n) is 17.6. The molecule has 7 aromatic carbocycles. The van der Waals surface area contributed by atoms with Crippen molar-refractivity contribution >= 4 is 51.6 Å². The molecular weight excluding hydrogens is 1280 g/mol. The Morgan fingerprint density at radius 1 is 0.611 bits per heavy atom. The number of piperidine rings is 1. The maximum atomic E-state index is 14.4. The van der Waals surface area contributed by atoms with Crippen LogP contribution in [0.2, 0.25) is 0 Å². The van der Waals surface area contributed by atoms with E-state index in [0.29, 0.717) is 98.1 Å². The van der Waals surface area contributed by atoms with Gasteiger partial charge in [-0.1, -0.05) is 93.8 Å². The van der Waals surface area contributed by atoms with Crippen LogP contribution < -0.4 is 34.1 Å². The van der Waals surface area contributed by atoms with Crippen molar-refractivity contribution in [1.29, 1.82) is 0 Å². The summed E-state index contributed by atoms with van der Waals surface area (Å²) < 4.78 is 234. The van der Waals surface area contributed by atoms with Gasteiger partial charge in [0.2, 0.25) is 5.72 Å². The summed E-state index contributed by atoms with van der Waals surface area (Å²) in [5.41, 5.74) is 4.38. The first-order valence-corrected chi connectivity index (χ1v) is 30.4. The van der Waals surface area contributed by atoms with Crippen molar-refractivity contribution in [2.45, 2.75) is 138 Å². The fourth-order valence-corrected chi connectivity index (χ4v) is 11.9. The van der Waals surface area contributed by atoms with Gasteiger partial charge in [-0.15, -0.1) is 0 Å². The highest BCUT2D eigenvalue weighted by molar-refractivity contribution is 6.06. The van der Waals surface area contributed by atoms with Gasteiger partial charge >= 0.3 is 47.9 Å². The first-order chi connectivity index (χ1) is 44.8. The van der Waals surface area contributed by atoms with Crippen LogP contribution >= 0.6 is 0 Å². The van der Waals surface area contributed by atoms with Gasteiger partial charge in [0, 0.05) is 71.9 Å². The third kappa shape index (κ3) is 12.5. The number of esters is 1. The molecule has 11 nitrogen and oxygen atoms in total. The monoisotopic (exact) mass is 1340 g/mol. The van der Waals surface area contributed by atoms with E-state index >= 15 is 0 Å². The van der Waals surface area contributed by atoms with E-state index in [1.165, 1.54) is 37.1 Å². The van der Waals surface area contributed by atoms with E-state index in [1.807, 2.05) is 92.0 Å². The van der Waals surface area contributed by atoms with E-state index in [4.69, 9.17) is 23.9 Å². The second kappa shape index (κ2) is 26.1. The number of benzene rings is 7. The largest absolute Gasteiger partial charge is 0.494 e. The van der Waals surface area contributed by atoms with E-state index in [1.54, 1.807) is 12.1 Å². The van der Waals surface area contributed by atoms with Gasteiger partial charge in [0.15, 0.2) is 5.75 Å². The summed E-state index contributed by atoms with van der Waals surface area (Å²) in [7, 11) is 0. The number of hydrogen-bond acceptors (Lipinski definition) is 10. The Balaban J connectivity index is 0.757. The molecule has 95 heavy (non-hydrogen) atoms. The Kier molecular flexibility index (Phi) is 18.9. The number of amides is 1. The lowest BCUT2D eigenvalue weighted by Crippen LogP contribution is -2.73. The van der Waals surface area contributed by atoms with Gasteiger partial charge < -0.3 is 38.8 Å². The predicted octanol–water partition coefficient (Wildman–Crippen LogP) is 18.8. The van der Waals surface area contributed by atoms with Crippen LogP contribution in [0.25, 0.3) is 21.9 Å². The normalized spacial score (nSPS) is 17.9. The molecule has 0 bridgehead atoms. The van der Waals surface area contributed by atoms with Gasteiger partial charge in [-0.3, -0.25) is 9.79 Å². The number of halogens is 15. The molecule has 3 heterocycles. The average molecular weight is 1350 g/mol. The van der Waals surface area contributed by atoms with Crippen LogP contribution in [0.4, 0.5) is 88.6 Å². The highest BCUT2D eigenvalue weighted by Gasteiger charge is 2.94. The molecule has 2 unspecified atom stereocenters. The third-order valence-corrected chi connectivity index (χ3v) is 17.6. The molecule has 0 aliphatic carbocycles. The summed E-state index contributed by atoms with van der Waals surface area (Å²) in [6, 6.07) is 38.8. The molecule has 7 aromatic rings. The summed E-state index contributed by atoms with van der Waals surface area (Å²) >= 11 is 0.